The first-order valence-electron chi connectivity index (χ1n) is 5.47. The highest BCUT2D eigenvalue weighted by molar-refractivity contribution is 6.31. The molecule has 0 spiro atoms. The molecule has 0 unspecified atom stereocenters. The van der Waals surface area contributed by atoms with E-state index in [0.717, 1.165) is 12.8 Å². The summed E-state index contributed by atoms with van der Waals surface area (Å²) in [5, 5.41) is 0.416. The zero-order chi connectivity index (χ0) is 11.5. The Morgan fingerprint density at radius 1 is 1.38 bits per heavy atom. The van der Waals surface area contributed by atoms with E-state index in [2.05, 4.69) is 0 Å². The van der Waals surface area contributed by atoms with Gasteiger partial charge in [0.15, 0.2) is 0 Å². The normalized spacial score (nSPS) is 19.7. The van der Waals surface area contributed by atoms with Crippen LogP contribution in [0, 0.1) is 11.7 Å². The number of halogens is 2. The Hall–Kier alpha value is -0.640. The fraction of sp³-hybridized carbons (Fsp3) is 0.500. The smallest absolute Gasteiger partial charge is 0.129 e. The van der Waals surface area contributed by atoms with Gasteiger partial charge in [-0.15, -0.1) is 0 Å². The van der Waals surface area contributed by atoms with Gasteiger partial charge in [0, 0.05) is 29.8 Å². The Kier molecular flexibility index (Phi) is 3.79. The Labute approximate surface area is 99.5 Å². The fourth-order valence-electron chi connectivity index (χ4n) is 2.14. The van der Waals surface area contributed by atoms with Crippen molar-refractivity contribution in [3.05, 3.63) is 34.6 Å². The molecule has 1 aromatic rings. The Morgan fingerprint density at radius 2 is 2.06 bits per heavy atom. The summed E-state index contributed by atoms with van der Waals surface area (Å²) in [5.41, 5.74) is 6.53. The van der Waals surface area contributed by atoms with Gasteiger partial charge >= 0.3 is 0 Å². The highest BCUT2D eigenvalue weighted by Gasteiger charge is 2.25. The van der Waals surface area contributed by atoms with Crippen molar-refractivity contribution < 1.29 is 9.13 Å². The van der Waals surface area contributed by atoms with Gasteiger partial charge in [0.2, 0.25) is 0 Å². The molecule has 88 valence electrons. The van der Waals surface area contributed by atoms with Crippen molar-refractivity contribution in [2.24, 2.45) is 11.7 Å². The predicted octanol–water partition coefficient (Wildman–Crippen LogP) is 2.91. The van der Waals surface area contributed by atoms with E-state index in [9.17, 15) is 4.39 Å². The molecule has 4 heteroatoms. The van der Waals surface area contributed by atoms with Crippen molar-refractivity contribution in [3.8, 4) is 0 Å². The molecule has 0 radical (unpaired) electrons. The van der Waals surface area contributed by atoms with Crippen LogP contribution in [0.25, 0.3) is 0 Å². The summed E-state index contributed by atoms with van der Waals surface area (Å²) >= 11 is 5.99. The summed E-state index contributed by atoms with van der Waals surface area (Å²) in [6, 6.07) is 4.34. The van der Waals surface area contributed by atoms with Crippen LogP contribution in [-0.2, 0) is 4.74 Å². The number of rotatable bonds is 2. The molecule has 0 aliphatic carbocycles. The lowest BCUT2D eigenvalue weighted by Gasteiger charge is -2.28. The highest BCUT2D eigenvalue weighted by atomic mass is 35.5. The Balaban J connectivity index is 2.22. The molecule has 1 aromatic carbocycles. The van der Waals surface area contributed by atoms with Crippen molar-refractivity contribution in [3.63, 3.8) is 0 Å². The van der Waals surface area contributed by atoms with Gasteiger partial charge in [0.05, 0.1) is 0 Å². The summed E-state index contributed by atoms with van der Waals surface area (Å²) in [4.78, 5) is 0. The molecule has 0 amide bonds. The molecule has 1 aliphatic heterocycles. The van der Waals surface area contributed by atoms with Gasteiger partial charge in [0.25, 0.3) is 0 Å². The van der Waals surface area contributed by atoms with Gasteiger partial charge in [0.1, 0.15) is 5.82 Å². The molecule has 1 saturated heterocycles. The molecule has 2 rings (SSSR count). The quantitative estimate of drug-likeness (QED) is 0.867. The van der Waals surface area contributed by atoms with Crippen molar-refractivity contribution >= 4 is 11.6 Å². The molecule has 2 nitrogen and oxygen atoms in total. The molecule has 1 atom stereocenters. The van der Waals surface area contributed by atoms with Crippen molar-refractivity contribution in [2.45, 2.75) is 18.9 Å². The molecule has 1 heterocycles. The molecule has 1 fully saturated rings. The lowest BCUT2D eigenvalue weighted by molar-refractivity contribution is 0.0580. The van der Waals surface area contributed by atoms with Gasteiger partial charge in [-0.05, 0) is 30.9 Å². The molecule has 16 heavy (non-hydrogen) atoms. The third-order valence-electron chi connectivity index (χ3n) is 3.11. The lowest BCUT2D eigenvalue weighted by atomic mass is 9.87. The maximum Gasteiger partial charge on any atom is 0.129 e. The van der Waals surface area contributed by atoms with E-state index in [1.807, 2.05) is 0 Å². The number of ether oxygens (including phenoxy) is 1. The van der Waals surface area contributed by atoms with Crippen LogP contribution in [0.5, 0.6) is 0 Å². The lowest BCUT2D eigenvalue weighted by Crippen LogP contribution is -2.28. The summed E-state index contributed by atoms with van der Waals surface area (Å²) in [7, 11) is 0. The minimum Gasteiger partial charge on any atom is -0.381 e. The van der Waals surface area contributed by atoms with E-state index in [-0.39, 0.29) is 17.8 Å². The van der Waals surface area contributed by atoms with Gasteiger partial charge < -0.3 is 10.5 Å². The van der Waals surface area contributed by atoms with E-state index in [1.165, 1.54) is 6.07 Å². The number of benzene rings is 1. The van der Waals surface area contributed by atoms with Crippen LogP contribution in [0.1, 0.15) is 24.4 Å². The molecule has 0 aromatic heterocycles. The van der Waals surface area contributed by atoms with Gasteiger partial charge in [-0.2, -0.15) is 0 Å². The van der Waals surface area contributed by atoms with Crippen LogP contribution in [0.2, 0.25) is 5.02 Å². The van der Waals surface area contributed by atoms with Gasteiger partial charge in [-0.3, -0.25) is 0 Å². The Bertz CT molecular complexity index is 346. The highest BCUT2D eigenvalue weighted by Crippen LogP contribution is 2.33. The largest absolute Gasteiger partial charge is 0.381 e. The summed E-state index contributed by atoms with van der Waals surface area (Å²) in [6.07, 6.45) is 1.73. The van der Waals surface area contributed by atoms with E-state index >= 15 is 0 Å². The third kappa shape index (κ3) is 2.37. The van der Waals surface area contributed by atoms with Gasteiger partial charge in [-0.25, -0.2) is 4.39 Å². The first-order valence-corrected chi connectivity index (χ1v) is 5.85. The molecule has 0 bridgehead atoms. The summed E-state index contributed by atoms with van der Waals surface area (Å²) < 4.78 is 18.9. The third-order valence-corrected chi connectivity index (χ3v) is 3.44. The first-order chi connectivity index (χ1) is 7.70. The van der Waals surface area contributed by atoms with E-state index in [0.29, 0.717) is 23.8 Å². The molecular formula is C12H15ClFNO. The van der Waals surface area contributed by atoms with Crippen LogP contribution in [0.15, 0.2) is 18.2 Å². The fourth-order valence-corrected chi connectivity index (χ4v) is 2.43. The zero-order valence-corrected chi connectivity index (χ0v) is 9.71. The van der Waals surface area contributed by atoms with Crippen LogP contribution < -0.4 is 5.73 Å². The molecule has 2 N–H and O–H groups in total. The number of hydrogen-bond donors (Lipinski definition) is 1. The second-order valence-corrected chi connectivity index (χ2v) is 4.52. The van der Waals surface area contributed by atoms with E-state index in [4.69, 9.17) is 22.1 Å². The van der Waals surface area contributed by atoms with Crippen molar-refractivity contribution in [1.82, 2.24) is 0 Å². The monoisotopic (exact) mass is 243 g/mol. The molecule has 0 saturated carbocycles. The second kappa shape index (κ2) is 5.13. The maximum atomic E-state index is 13.7. The van der Waals surface area contributed by atoms with E-state index in [1.54, 1.807) is 12.1 Å². The van der Waals surface area contributed by atoms with E-state index < -0.39 is 0 Å². The van der Waals surface area contributed by atoms with Crippen LogP contribution in [0.3, 0.4) is 0 Å². The summed E-state index contributed by atoms with van der Waals surface area (Å²) in [6.45, 7) is 1.40. The molecule has 1 aliphatic rings. The average molecular weight is 244 g/mol. The first kappa shape index (κ1) is 11.8. The minimum absolute atomic E-state index is 0.253. The minimum atomic E-state index is -0.336. The number of nitrogens with two attached hydrogens (primary N) is 1. The van der Waals surface area contributed by atoms with Crippen LogP contribution in [0.4, 0.5) is 4.39 Å². The average Bonchev–Trinajstić information content (AvgIpc) is 2.30. The summed E-state index contributed by atoms with van der Waals surface area (Å²) in [5.74, 6) is -0.0605. The van der Waals surface area contributed by atoms with Crippen LogP contribution >= 0.6 is 11.6 Å². The van der Waals surface area contributed by atoms with Crippen molar-refractivity contribution in [2.75, 3.05) is 13.2 Å². The number of hydrogen-bond acceptors (Lipinski definition) is 2. The zero-order valence-electron chi connectivity index (χ0n) is 8.96. The predicted molar refractivity (Wildman–Crippen MR) is 61.9 cm³/mol. The Morgan fingerprint density at radius 3 is 2.69 bits per heavy atom. The molecular weight excluding hydrogens is 229 g/mol. The van der Waals surface area contributed by atoms with Crippen LogP contribution in [-0.4, -0.2) is 13.2 Å². The maximum absolute atomic E-state index is 13.7. The second-order valence-electron chi connectivity index (χ2n) is 4.11. The topological polar surface area (TPSA) is 35.2 Å². The van der Waals surface area contributed by atoms with Crippen molar-refractivity contribution in [1.29, 1.82) is 0 Å². The van der Waals surface area contributed by atoms with Gasteiger partial charge in [-0.1, -0.05) is 17.7 Å². The standard InChI is InChI=1S/C12H15ClFNO/c13-9-2-1-3-10(14)11(9)12(15)8-4-6-16-7-5-8/h1-3,8,12H,4-7,15H2/t12-/m0/s1. The SMILES string of the molecule is N[C@H](c1c(F)cccc1Cl)C1CCOCC1.